The van der Waals surface area contributed by atoms with E-state index in [0.29, 0.717) is 23.0 Å². The van der Waals surface area contributed by atoms with Crippen LogP contribution in [0.3, 0.4) is 0 Å². The van der Waals surface area contributed by atoms with E-state index < -0.39 is 0 Å². The van der Waals surface area contributed by atoms with Gasteiger partial charge in [0.15, 0.2) is 0 Å². The third-order valence-corrected chi connectivity index (χ3v) is 9.20. The molecule has 2 aromatic carbocycles. The van der Waals surface area contributed by atoms with Crippen LogP contribution in [0.1, 0.15) is 138 Å². The molecule has 190 valence electrons. The largest absolute Gasteiger partial charge is 0.192 e. The van der Waals surface area contributed by atoms with Crippen LogP contribution in [0, 0.1) is 34.5 Å². The first-order chi connectivity index (χ1) is 17.7. The average Bonchev–Trinajstić information content (AvgIpc) is 2.93. The molecule has 0 N–H and O–H groups in total. The number of nitriles is 2. The number of unbranched alkanes of at least 4 members (excludes halogenated alkanes) is 2. The number of nitrogens with zero attached hydrogens (tertiary/aromatic N) is 2. The molecule has 2 aromatic rings. The summed E-state index contributed by atoms with van der Waals surface area (Å²) in [5, 5.41) is 20.2. The van der Waals surface area contributed by atoms with Crippen LogP contribution in [0.4, 0.5) is 0 Å². The molecule has 0 radical (unpaired) electrons. The van der Waals surface area contributed by atoms with Crippen LogP contribution in [0.5, 0.6) is 0 Å². The second-order valence-electron chi connectivity index (χ2n) is 11.5. The quantitative estimate of drug-likeness (QED) is 0.335. The lowest BCUT2D eigenvalue weighted by molar-refractivity contribution is 0.303. The van der Waals surface area contributed by atoms with Gasteiger partial charge in [-0.2, -0.15) is 10.5 Å². The Morgan fingerprint density at radius 2 is 1.25 bits per heavy atom. The number of rotatable bonds is 9. The molecule has 0 aliphatic heterocycles. The molecular weight excluding hydrogens is 436 g/mol. The lowest BCUT2D eigenvalue weighted by atomic mass is 9.75. The van der Waals surface area contributed by atoms with Crippen molar-refractivity contribution in [1.82, 2.24) is 0 Å². The fourth-order valence-corrected chi connectivity index (χ4v) is 7.01. The molecule has 0 amide bonds. The molecule has 2 aliphatic carbocycles. The Kier molecular flexibility index (Phi) is 9.64. The second kappa shape index (κ2) is 13.1. The van der Waals surface area contributed by atoms with Gasteiger partial charge in [-0.15, -0.1) is 0 Å². The molecule has 2 aliphatic rings. The van der Waals surface area contributed by atoms with E-state index in [9.17, 15) is 10.5 Å². The van der Waals surface area contributed by atoms with E-state index in [0.717, 1.165) is 41.4 Å². The predicted octanol–water partition coefficient (Wildman–Crippen LogP) is 10.0. The van der Waals surface area contributed by atoms with E-state index in [1.54, 1.807) is 0 Å². The van der Waals surface area contributed by atoms with Gasteiger partial charge in [-0.25, -0.2) is 0 Å². The molecular formula is C34H44N2. The molecule has 2 saturated carbocycles. The van der Waals surface area contributed by atoms with Crippen molar-refractivity contribution in [1.29, 1.82) is 10.5 Å². The molecule has 0 aromatic heterocycles. The summed E-state index contributed by atoms with van der Waals surface area (Å²) >= 11 is 0. The Balaban J connectivity index is 1.46. The zero-order valence-electron chi connectivity index (χ0n) is 22.6. The van der Waals surface area contributed by atoms with Gasteiger partial charge in [-0.3, -0.25) is 0 Å². The Hall–Kier alpha value is -2.58. The monoisotopic (exact) mass is 480 g/mol. The number of benzene rings is 2. The van der Waals surface area contributed by atoms with Gasteiger partial charge in [0.1, 0.15) is 12.1 Å². The van der Waals surface area contributed by atoms with Crippen molar-refractivity contribution in [3.63, 3.8) is 0 Å². The van der Waals surface area contributed by atoms with Gasteiger partial charge in [0.2, 0.25) is 0 Å². The summed E-state index contributed by atoms with van der Waals surface area (Å²) in [6.45, 7) is 4.55. The summed E-state index contributed by atoms with van der Waals surface area (Å²) in [4.78, 5) is 0. The molecule has 36 heavy (non-hydrogen) atoms. The van der Waals surface area contributed by atoms with Crippen molar-refractivity contribution >= 4 is 0 Å². The van der Waals surface area contributed by atoms with E-state index >= 15 is 0 Å². The first-order valence-electron chi connectivity index (χ1n) is 14.8. The maximum Gasteiger partial charge on any atom is 0.101 e. The summed E-state index contributed by atoms with van der Waals surface area (Å²) in [5.74, 6) is 2.83. The minimum Gasteiger partial charge on any atom is -0.192 e. The second-order valence-corrected chi connectivity index (χ2v) is 11.5. The average molecular weight is 481 g/mol. The Bertz CT molecular complexity index is 1050. The van der Waals surface area contributed by atoms with E-state index in [2.05, 4.69) is 62.4 Å². The van der Waals surface area contributed by atoms with Gasteiger partial charge < -0.3 is 0 Å². The highest BCUT2D eigenvalue weighted by Crippen LogP contribution is 2.42. The molecule has 4 rings (SSSR count). The number of hydrogen-bond donors (Lipinski definition) is 0. The third-order valence-electron chi connectivity index (χ3n) is 9.20. The summed E-state index contributed by atoms with van der Waals surface area (Å²) in [5.41, 5.74) is 5.66. The highest BCUT2D eigenvalue weighted by Gasteiger charge is 2.26. The maximum atomic E-state index is 10.1. The van der Waals surface area contributed by atoms with Gasteiger partial charge >= 0.3 is 0 Å². The molecule has 2 nitrogen and oxygen atoms in total. The zero-order valence-corrected chi connectivity index (χ0v) is 22.6. The molecule has 0 bridgehead atoms. The third kappa shape index (κ3) is 6.21. The molecule has 0 unspecified atom stereocenters. The zero-order chi connectivity index (χ0) is 25.3. The van der Waals surface area contributed by atoms with Gasteiger partial charge in [-0.1, -0.05) is 88.8 Å². The molecule has 2 heteroatoms. The van der Waals surface area contributed by atoms with Crippen molar-refractivity contribution in [2.75, 3.05) is 0 Å². The first-order valence-corrected chi connectivity index (χ1v) is 14.8. The predicted molar refractivity (Wildman–Crippen MR) is 150 cm³/mol. The van der Waals surface area contributed by atoms with E-state index in [1.165, 1.54) is 82.6 Å². The van der Waals surface area contributed by atoms with Crippen molar-refractivity contribution < 1.29 is 0 Å². The minimum absolute atomic E-state index is 0.411. The van der Waals surface area contributed by atoms with Gasteiger partial charge in [0.05, 0.1) is 11.1 Å². The first kappa shape index (κ1) is 26.5. The van der Waals surface area contributed by atoms with Crippen LogP contribution < -0.4 is 0 Å². The highest BCUT2D eigenvalue weighted by atomic mass is 14.3. The van der Waals surface area contributed by atoms with Crippen LogP contribution in [0.15, 0.2) is 36.4 Å². The topological polar surface area (TPSA) is 47.6 Å². The van der Waals surface area contributed by atoms with Crippen LogP contribution in [0.25, 0.3) is 11.1 Å². The molecule has 2 fully saturated rings. The fourth-order valence-electron chi connectivity index (χ4n) is 7.01. The number of hydrogen-bond acceptors (Lipinski definition) is 2. The molecule has 0 atom stereocenters. The molecule has 0 saturated heterocycles. The Morgan fingerprint density at radius 3 is 1.83 bits per heavy atom. The van der Waals surface area contributed by atoms with Crippen molar-refractivity contribution in [2.45, 2.75) is 116 Å². The minimum atomic E-state index is 0.411. The standard InChI is InChI=1S/C34H44N2/c1-3-5-6-8-26-9-13-27(14-10-26)28-17-19-30(20-18-28)32-22-21-31(33(23-35)34(32)24-36)29-15-11-25(7-4-2)12-16-29/h17-22,25-27,29H,3-16H2,1-2H3. The van der Waals surface area contributed by atoms with E-state index in [-0.39, 0.29) is 0 Å². The summed E-state index contributed by atoms with van der Waals surface area (Å²) in [6.07, 6.45) is 18.2. The SMILES string of the molecule is CCCCCC1CCC(c2ccc(-c3ccc(C4CCC(CCC)CC4)c(C#N)c3C#N)cc2)CC1. The molecule has 0 spiro atoms. The van der Waals surface area contributed by atoms with Crippen molar-refractivity contribution in [3.05, 3.63) is 58.7 Å². The Labute approximate surface area is 219 Å². The maximum absolute atomic E-state index is 10.1. The lowest BCUT2D eigenvalue weighted by Gasteiger charge is -2.29. The smallest absolute Gasteiger partial charge is 0.101 e. The summed E-state index contributed by atoms with van der Waals surface area (Å²) < 4.78 is 0. The fraction of sp³-hybridized carbons (Fsp3) is 0.588. The Morgan fingerprint density at radius 1 is 0.639 bits per heavy atom. The molecule has 0 heterocycles. The van der Waals surface area contributed by atoms with Crippen LogP contribution in [-0.2, 0) is 0 Å². The normalized spacial score (nSPS) is 24.1. The van der Waals surface area contributed by atoms with Gasteiger partial charge in [-0.05, 0) is 91.7 Å². The summed E-state index contributed by atoms with van der Waals surface area (Å²) in [7, 11) is 0. The van der Waals surface area contributed by atoms with Gasteiger partial charge in [0.25, 0.3) is 0 Å². The summed E-state index contributed by atoms with van der Waals surface area (Å²) in [6, 6.07) is 18.0. The van der Waals surface area contributed by atoms with Gasteiger partial charge in [0, 0.05) is 5.56 Å². The van der Waals surface area contributed by atoms with Crippen LogP contribution >= 0.6 is 0 Å². The highest BCUT2D eigenvalue weighted by molar-refractivity contribution is 5.75. The van der Waals surface area contributed by atoms with Crippen LogP contribution in [0.2, 0.25) is 0 Å². The van der Waals surface area contributed by atoms with Crippen molar-refractivity contribution in [3.8, 4) is 23.3 Å². The van der Waals surface area contributed by atoms with E-state index in [1.807, 2.05) is 0 Å². The van der Waals surface area contributed by atoms with E-state index in [4.69, 9.17) is 0 Å². The van der Waals surface area contributed by atoms with Crippen molar-refractivity contribution in [2.24, 2.45) is 11.8 Å². The lowest BCUT2D eigenvalue weighted by Crippen LogP contribution is -2.14. The van der Waals surface area contributed by atoms with Crippen LogP contribution in [-0.4, -0.2) is 0 Å².